The first-order chi connectivity index (χ1) is 8.59. The first-order valence-electron chi connectivity index (χ1n) is 5.75. The molecule has 3 N–H and O–H groups in total. The lowest BCUT2D eigenvalue weighted by molar-refractivity contribution is -0.163. The van der Waals surface area contributed by atoms with Crippen molar-refractivity contribution in [1.29, 1.82) is 0 Å². The van der Waals surface area contributed by atoms with Gasteiger partial charge in [0.05, 0.1) is 10.7 Å². The van der Waals surface area contributed by atoms with Gasteiger partial charge in [-0.25, -0.2) is 13.2 Å². The Balaban J connectivity index is 2.54. The van der Waals surface area contributed by atoms with Gasteiger partial charge in [-0.15, -0.1) is 6.58 Å². The summed E-state index contributed by atoms with van der Waals surface area (Å²) in [6, 6.07) is -2.17. The summed E-state index contributed by atoms with van der Waals surface area (Å²) in [5.74, 6) is -2.81. The van der Waals surface area contributed by atoms with Gasteiger partial charge in [-0.3, -0.25) is 4.79 Å². The number of β-lactam (4-membered cyclic amide) rings is 1. The minimum absolute atomic E-state index is 0.543. The van der Waals surface area contributed by atoms with E-state index in [-0.39, 0.29) is 0 Å². The lowest BCUT2D eigenvalue weighted by atomic mass is 9.87. The van der Waals surface area contributed by atoms with Crippen molar-refractivity contribution in [2.24, 2.45) is 11.7 Å². The molecule has 2 aliphatic rings. The van der Waals surface area contributed by atoms with E-state index in [0.29, 0.717) is 0 Å². The first-order valence-corrected chi connectivity index (χ1v) is 7.30. The molecule has 2 rings (SSSR count). The van der Waals surface area contributed by atoms with Crippen molar-refractivity contribution in [3.8, 4) is 0 Å². The highest BCUT2D eigenvalue weighted by atomic mass is 32.2. The van der Waals surface area contributed by atoms with E-state index in [1.165, 1.54) is 19.9 Å². The molecule has 0 bridgehead atoms. The molecule has 7 nitrogen and oxygen atoms in total. The van der Waals surface area contributed by atoms with E-state index in [1.807, 2.05) is 0 Å². The predicted molar refractivity (Wildman–Crippen MR) is 66.7 cm³/mol. The highest BCUT2D eigenvalue weighted by molar-refractivity contribution is 7.93. The molecule has 0 aromatic carbocycles. The van der Waals surface area contributed by atoms with Gasteiger partial charge in [0.1, 0.15) is 11.4 Å². The molecule has 8 heteroatoms. The molecular weight excluding hydrogens is 272 g/mol. The van der Waals surface area contributed by atoms with Crippen molar-refractivity contribution < 1.29 is 23.1 Å². The third kappa shape index (κ3) is 1.44. The molecule has 0 aliphatic carbocycles. The topological polar surface area (TPSA) is 118 Å². The van der Waals surface area contributed by atoms with Crippen LogP contribution in [0, 0.1) is 5.92 Å². The second kappa shape index (κ2) is 3.80. The molecule has 19 heavy (non-hydrogen) atoms. The Morgan fingerprint density at radius 2 is 2.11 bits per heavy atom. The monoisotopic (exact) mass is 288 g/mol. The van der Waals surface area contributed by atoms with Gasteiger partial charge >= 0.3 is 5.97 Å². The van der Waals surface area contributed by atoms with Crippen molar-refractivity contribution in [2.75, 3.05) is 0 Å². The number of hydrogen-bond donors (Lipinski definition) is 2. The summed E-state index contributed by atoms with van der Waals surface area (Å²) in [4.78, 5) is 24.2. The summed E-state index contributed by atoms with van der Waals surface area (Å²) in [7, 11) is -3.80. The molecule has 106 valence electrons. The van der Waals surface area contributed by atoms with Crippen LogP contribution in [0.4, 0.5) is 0 Å². The molecule has 4 atom stereocenters. The fourth-order valence-corrected chi connectivity index (χ4v) is 5.20. The SMILES string of the molecule is C=CC(N)[C@@H]1C(=O)N2[C@@H](C(=O)O)C(C)(C)S(=O)(=O)[C@H]12. The van der Waals surface area contributed by atoms with E-state index in [2.05, 4.69) is 6.58 Å². The van der Waals surface area contributed by atoms with E-state index in [4.69, 9.17) is 5.73 Å². The number of hydrogen-bond acceptors (Lipinski definition) is 5. The summed E-state index contributed by atoms with van der Waals surface area (Å²) in [5.41, 5.74) is 5.68. The molecule has 1 amide bonds. The smallest absolute Gasteiger partial charge is 0.328 e. The number of carbonyl (C=O) groups is 2. The van der Waals surface area contributed by atoms with Gasteiger partial charge in [0.15, 0.2) is 9.84 Å². The molecule has 0 radical (unpaired) electrons. The summed E-state index contributed by atoms with van der Waals surface area (Å²) in [6.07, 6.45) is 1.30. The van der Waals surface area contributed by atoms with E-state index in [9.17, 15) is 23.1 Å². The van der Waals surface area contributed by atoms with E-state index in [1.54, 1.807) is 0 Å². The molecule has 0 aromatic heterocycles. The van der Waals surface area contributed by atoms with Crippen LogP contribution in [0.5, 0.6) is 0 Å². The average Bonchev–Trinajstić information content (AvgIpc) is 2.43. The Bertz CT molecular complexity index is 568. The highest BCUT2D eigenvalue weighted by Gasteiger charge is 2.72. The van der Waals surface area contributed by atoms with E-state index < -0.39 is 49.8 Å². The summed E-state index contributed by atoms with van der Waals surface area (Å²) in [5, 5.41) is 8.03. The van der Waals surface area contributed by atoms with Gasteiger partial charge in [0, 0.05) is 6.04 Å². The zero-order valence-corrected chi connectivity index (χ0v) is 11.4. The van der Waals surface area contributed by atoms with E-state index in [0.717, 1.165) is 4.90 Å². The molecule has 0 aromatic rings. The number of nitrogens with zero attached hydrogens (tertiary/aromatic N) is 1. The van der Waals surface area contributed by atoms with Crippen LogP contribution in [-0.2, 0) is 19.4 Å². The van der Waals surface area contributed by atoms with Crippen LogP contribution in [0.2, 0.25) is 0 Å². The number of amides is 1. The molecule has 0 spiro atoms. The van der Waals surface area contributed by atoms with Crippen molar-refractivity contribution >= 4 is 21.7 Å². The number of sulfone groups is 1. The van der Waals surface area contributed by atoms with E-state index >= 15 is 0 Å². The lowest BCUT2D eigenvalue weighted by Crippen LogP contribution is -2.67. The number of rotatable bonds is 3. The maximum absolute atomic E-state index is 12.4. The second-order valence-electron chi connectivity index (χ2n) is 5.36. The quantitative estimate of drug-likeness (QED) is 0.505. The zero-order valence-electron chi connectivity index (χ0n) is 10.6. The Kier molecular flexibility index (Phi) is 2.80. The maximum Gasteiger partial charge on any atom is 0.328 e. The van der Waals surface area contributed by atoms with Crippen molar-refractivity contribution in [3.05, 3.63) is 12.7 Å². The predicted octanol–water partition coefficient (Wildman–Crippen LogP) is -1.06. The number of aliphatic carboxylic acids is 1. The molecule has 0 saturated carbocycles. The fraction of sp³-hybridized carbons (Fsp3) is 0.636. The number of nitrogens with two attached hydrogens (primary N) is 1. The van der Waals surface area contributed by atoms with Crippen molar-refractivity contribution in [1.82, 2.24) is 4.90 Å². The standard InChI is InChI=1S/C11H16N2O5S/c1-4-5(12)6-8(14)13-7(10(15)16)11(2,3)19(17,18)9(6)13/h4-7,9H,1,12H2,2-3H3,(H,15,16)/t5?,6-,7+,9-/m1/s1. The summed E-state index contributed by atoms with van der Waals surface area (Å²) >= 11 is 0. The molecule has 2 aliphatic heterocycles. The van der Waals surface area contributed by atoms with Gasteiger partial charge in [0.2, 0.25) is 5.91 Å². The Hall–Kier alpha value is -1.41. The van der Waals surface area contributed by atoms with Crippen LogP contribution in [-0.4, -0.2) is 52.5 Å². The molecule has 1 unspecified atom stereocenters. The Labute approximate surface area is 111 Å². The minimum atomic E-state index is -3.80. The third-order valence-corrected chi connectivity index (χ3v) is 6.88. The average molecular weight is 288 g/mol. The third-order valence-electron chi connectivity index (χ3n) is 4.03. The van der Waals surface area contributed by atoms with Gasteiger partial charge in [-0.2, -0.15) is 0 Å². The minimum Gasteiger partial charge on any atom is -0.480 e. The summed E-state index contributed by atoms with van der Waals surface area (Å²) in [6.45, 7) is 6.09. The van der Waals surface area contributed by atoms with Crippen LogP contribution in [0.15, 0.2) is 12.7 Å². The zero-order chi connectivity index (χ0) is 14.7. The lowest BCUT2D eigenvalue weighted by Gasteiger charge is -2.44. The highest BCUT2D eigenvalue weighted by Crippen LogP contribution is 2.49. The number of carboxylic acid groups (broad SMARTS) is 1. The van der Waals surface area contributed by atoms with Gasteiger partial charge < -0.3 is 15.7 Å². The van der Waals surface area contributed by atoms with Crippen LogP contribution in [0.3, 0.4) is 0 Å². The fourth-order valence-electron chi connectivity index (χ4n) is 2.85. The second-order valence-corrected chi connectivity index (χ2v) is 7.99. The van der Waals surface area contributed by atoms with Gasteiger partial charge in [-0.05, 0) is 13.8 Å². The molecule has 2 fully saturated rings. The van der Waals surface area contributed by atoms with Crippen LogP contribution in [0.1, 0.15) is 13.8 Å². The summed E-state index contributed by atoms with van der Waals surface area (Å²) < 4.78 is 23.3. The van der Waals surface area contributed by atoms with Crippen molar-refractivity contribution in [3.63, 3.8) is 0 Å². The van der Waals surface area contributed by atoms with Crippen LogP contribution in [0.25, 0.3) is 0 Å². The Morgan fingerprint density at radius 3 is 2.53 bits per heavy atom. The number of carboxylic acids is 1. The normalized spacial score (nSPS) is 36.3. The molecule has 2 heterocycles. The molecular formula is C11H16N2O5S. The molecule has 2 saturated heterocycles. The first kappa shape index (κ1) is 14.0. The van der Waals surface area contributed by atoms with Crippen LogP contribution < -0.4 is 5.73 Å². The van der Waals surface area contributed by atoms with Crippen molar-refractivity contribution in [2.45, 2.75) is 36.1 Å². The largest absolute Gasteiger partial charge is 0.480 e. The van der Waals surface area contributed by atoms with Crippen LogP contribution >= 0.6 is 0 Å². The Morgan fingerprint density at radius 1 is 1.58 bits per heavy atom. The number of carbonyl (C=O) groups excluding carboxylic acids is 1. The van der Waals surface area contributed by atoms with Gasteiger partial charge in [0.25, 0.3) is 0 Å². The number of fused-ring (bicyclic) bond motifs is 1. The van der Waals surface area contributed by atoms with Gasteiger partial charge in [-0.1, -0.05) is 6.08 Å². The maximum atomic E-state index is 12.4.